The lowest BCUT2D eigenvalue weighted by molar-refractivity contribution is 1.20. The minimum Gasteiger partial charge on any atom is -0.325 e. The molecule has 0 aliphatic heterocycles. The number of pyridine rings is 11. The van der Waals surface area contributed by atoms with Gasteiger partial charge in [0.1, 0.15) is 116 Å². The van der Waals surface area contributed by atoms with Gasteiger partial charge in [-0.1, -0.05) is 66.7 Å². The Morgan fingerprint density at radius 1 is 0.145 bits per heavy atom. The SMILES string of the molecule is c1ccc(Nc2cccc(Nc3cccc(Nc4cccc(Nc5cccc(Nc6cccc(Nc7cccc(Nc8cccc(Nc9cccc(Nc%10cccc(Nc%11ccccn%11)n%10)n9)n8)n7)n6)n5)n4)n3)n2)nc1. The zero-order valence-corrected chi connectivity index (χ0v) is 40.1. The van der Waals surface area contributed by atoms with E-state index in [2.05, 4.69) is 73.1 Å². The summed E-state index contributed by atoms with van der Waals surface area (Å²) in [5, 5.41) is 32.7. The van der Waals surface area contributed by atoms with Gasteiger partial charge in [-0.15, -0.1) is 0 Å². The molecule has 0 aromatic carbocycles. The Morgan fingerprint density at radius 3 is 0.408 bits per heavy atom. The molecule has 11 rings (SSSR count). The van der Waals surface area contributed by atoms with E-state index in [9.17, 15) is 0 Å². The van der Waals surface area contributed by atoms with Crippen molar-refractivity contribution in [1.82, 2.24) is 54.8 Å². The van der Waals surface area contributed by atoms with E-state index in [0.29, 0.717) is 116 Å². The maximum absolute atomic E-state index is 4.77. The summed E-state index contributed by atoms with van der Waals surface area (Å²) >= 11 is 0. The number of hydrogen-bond acceptors (Lipinski definition) is 21. The molecule has 10 N–H and O–H groups in total. The molecule has 0 amide bonds. The fourth-order valence-corrected chi connectivity index (χ4v) is 7.35. The summed E-state index contributed by atoms with van der Waals surface area (Å²) in [7, 11) is 0. The molecule has 370 valence electrons. The van der Waals surface area contributed by atoms with Gasteiger partial charge < -0.3 is 53.2 Å². The molecule has 0 saturated heterocycles. The lowest BCUT2D eigenvalue weighted by Gasteiger charge is -2.12. The number of nitrogens with zero attached hydrogens (tertiary/aromatic N) is 11. The highest BCUT2D eigenvalue weighted by molar-refractivity contribution is 5.67. The Morgan fingerprint density at radius 2 is 0.276 bits per heavy atom. The van der Waals surface area contributed by atoms with Crippen molar-refractivity contribution < 1.29 is 0 Å². The Balaban J connectivity index is 0.676. The van der Waals surface area contributed by atoms with Crippen molar-refractivity contribution in [3.63, 3.8) is 0 Å². The normalized spacial score (nSPS) is 10.6. The zero-order chi connectivity index (χ0) is 51.1. The first-order chi connectivity index (χ1) is 37.5. The van der Waals surface area contributed by atoms with Crippen LogP contribution in [-0.2, 0) is 0 Å². The molecule has 0 bridgehead atoms. The van der Waals surface area contributed by atoms with Crippen LogP contribution < -0.4 is 53.2 Å². The Hall–Kier alpha value is -11.3. The van der Waals surface area contributed by atoms with Crippen LogP contribution in [0.2, 0.25) is 0 Å². The molecule has 21 heteroatoms. The van der Waals surface area contributed by atoms with E-state index >= 15 is 0 Å². The van der Waals surface area contributed by atoms with Gasteiger partial charge in [0.25, 0.3) is 0 Å². The molecule has 76 heavy (non-hydrogen) atoms. The average Bonchev–Trinajstić information content (AvgIpc) is 3.42. The Labute approximate surface area is 435 Å². The first-order valence-electron chi connectivity index (χ1n) is 23.8. The second-order valence-corrected chi connectivity index (χ2v) is 16.4. The first kappa shape index (κ1) is 47.0. The second kappa shape index (κ2) is 22.8. The van der Waals surface area contributed by atoms with Crippen molar-refractivity contribution in [3.05, 3.63) is 213 Å². The van der Waals surface area contributed by atoms with Gasteiger partial charge in [0.15, 0.2) is 0 Å². The van der Waals surface area contributed by atoms with Crippen LogP contribution in [0.4, 0.5) is 116 Å². The minimum atomic E-state index is 0.575. The van der Waals surface area contributed by atoms with Crippen LogP contribution in [-0.4, -0.2) is 54.8 Å². The van der Waals surface area contributed by atoms with Crippen LogP contribution in [0.25, 0.3) is 0 Å². The topological polar surface area (TPSA) is 262 Å². The summed E-state index contributed by atoms with van der Waals surface area (Å²) < 4.78 is 0. The van der Waals surface area contributed by atoms with Gasteiger partial charge in [0, 0.05) is 12.4 Å². The van der Waals surface area contributed by atoms with E-state index in [0.717, 1.165) is 0 Å². The molecular formula is C55H45N21. The molecule has 0 spiro atoms. The van der Waals surface area contributed by atoms with E-state index in [-0.39, 0.29) is 0 Å². The standard InChI is InChI=1S/C55H45N21/c1-3-34-56-36(14-1)58-38-16-5-18-40(60-38)62-42-20-7-22-44(64-42)66-46-24-9-26-48(68-46)70-50-28-11-30-52(72-50)74-54-32-13-33-55(76-54)75-53-31-12-29-51(73-53)71-49-27-10-25-47(69-49)67-45-23-8-21-43(65-45)63-41-19-6-17-39(61-41)59-37-15-2-4-35-57-37/h1-35H,(H10,56,57,58,59,60,61,62,63,64,65,66,67,68,69,70,71,72,73,74,75,76). The lowest BCUT2D eigenvalue weighted by atomic mass is 10.3. The number of hydrogen-bond donors (Lipinski definition) is 10. The van der Waals surface area contributed by atoms with E-state index in [1.165, 1.54) is 0 Å². The monoisotopic (exact) mass is 999 g/mol. The van der Waals surface area contributed by atoms with Gasteiger partial charge >= 0.3 is 0 Å². The van der Waals surface area contributed by atoms with E-state index in [1.54, 1.807) is 12.4 Å². The van der Waals surface area contributed by atoms with Gasteiger partial charge in [0.05, 0.1) is 0 Å². The van der Waals surface area contributed by atoms with Crippen LogP contribution in [0.1, 0.15) is 0 Å². The Kier molecular flexibility index (Phi) is 14.1. The third-order valence-electron chi connectivity index (χ3n) is 10.6. The molecule has 11 aromatic heterocycles. The quantitative estimate of drug-likeness (QED) is 0.0340. The zero-order valence-electron chi connectivity index (χ0n) is 40.1. The molecule has 21 nitrogen and oxygen atoms in total. The maximum atomic E-state index is 4.77. The van der Waals surface area contributed by atoms with Gasteiger partial charge in [-0.25, -0.2) is 54.8 Å². The molecule has 0 unspecified atom stereocenters. The highest BCUT2D eigenvalue weighted by Gasteiger charge is 2.10. The third-order valence-corrected chi connectivity index (χ3v) is 10.6. The van der Waals surface area contributed by atoms with Crippen molar-refractivity contribution >= 4 is 116 Å². The second-order valence-electron chi connectivity index (χ2n) is 16.4. The number of nitrogens with one attached hydrogen (secondary N) is 10. The van der Waals surface area contributed by atoms with E-state index in [4.69, 9.17) is 34.9 Å². The summed E-state index contributed by atoms with van der Waals surface area (Å²) in [5.74, 6) is 12.1. The van der Waals surface area contributed by atoms with Crippen molar-refractivity contribution in [2.24, 2.45) is 0 Å². The summed E-state index contributed by atoms with van der Waals surface area (Å²) in [6, 6.07) is 61.9. The van der Waals surface area contributed by atoms with Crippen molar-refractivity contribution in [2.75, 3.05) is 53.2 Å². The predicted octanol–water partition coefficient (Wildman–Crippen LogP) is 12.5. The average molecular weight is 1000 g/mol. The minimum absolute atomic E-state index is 0.575. The van der Waals surface area contributed by atoms with E-state index in [1.807, 2.05) is 200 Å². The summed E-state index contributed by atoms with van der Waals surface area (Å²) in [5.41, 5.74) is 0. The fraction of sp³-hybridized carbons (Fsp3) is 0. The smallest absolute Gasteiger partial charge is 0.133 e. The maximum Gasteiger partial charge on any atom is 0.133 e. The molecule has 0 atom stereocenters. The molecule has 0 fully saturated rings. The van der Waals surface area contributed by atoms with Crippen molar-refractivity contribution in [2.45, 2.75) is 0 Å². The molecule has 0 saturated carbocycles. The highest BCUT2D eigenvalue weighted by Crippen LogP contribution is 2.26. The molecule has 11 heterocycles. The van der Waals surface area contributed by atoms with E-state index < -0.39 is 0 Å². The van der Waals surface area contributed by atoms with Crippen LogP contribution >= 0.6 is 0 Å². The number of aromatic nitrogens is 11. The first-order valence-corrected chi connectivity index (χ1v) is 23.8. The van der Waals surface area contributed by atoms with Crippen molar-refractivity contribution in [1.29, 1.82) is 0 Å². The molecule has 0 aliphatic rings. The largest absolute Gasteiger partial charge is 0.325 e. The van der Waals surface area contributed by atoms with Crippen LogP contribution in [0, 0.1) is 0 Å². The number of rotatable bonds is 20. The molecule has 0 radical (unpaired) electrons. The molecule has 11 aromatic rings. The van der Waals surface area contributed by atoms with Crippen LogP contribution in [0.5, 0.6) is 0 Å². The summed E-state index contributed by atoms with van der Waals surface area (Å²) in [6.45, 7) is 0. The third kappa shape index (κ3) is 13.1. The van der Waals surface area contributed by atoms with Gasteiger partial charge in [-0.05, 0) is 133 Å². The lowest BCUT2D eigenvalue weighted by Crippen LogP contribution is -2.04. The fourth-order valence-electron chi connectivity index (χ4n) is 7.35. The Bertz CT molecular complexity index is 3480. The van der Waals surface area contributed by atoms with Crippen LogP contribution in [0.15, 0.2) is 213 Å². The summed E-state index contributed by atoms with van der Waals surface area (Å²) in [4.78, 5) is 51.1. The molecule has 0 aliphatic carbocycles. The van der Waals surface area contributed by atoms with Crippen molar-refractivity contribution in [3.8, 4) is 0 Å². The predicted molar refractivity (Wildman–Crippen MR) is 299 cm³/mol. The molecular weight excluding hydrogens is 955 g/mol. The van der Waals surface area contributed by atoms with Gasteiger partial charge in [-0.3, -0.25) is 0 Å². The number of anilines is 20. The summed E-state index contributed by atoms with van der Waals surface area (Å²) in [6.07, 6.45) is 3.45. The van der Waals surface area contributed by atoms with Gasteiger partial charge in [0.2, 0.25) is 0 Å². The van der Waals surface area contributed by atoms with Crippen LogP contribution in [0.3, 0.4) is 0 Å². The highest BCUT2D eigenvalue weighted by atomic mass is 15.2. The van der Waals surface area contributed by atoms with Gasteiger partial charge in [-0.2, -0.15) is 0 Å².